The Bertz CT molecular complexity index is 1090. The molecule has 0 heterocycles. The van der Waals surface area contributed by atoms with E-state index in [1.54, 1.807) is 36.4 Å². The van der Waals surface area contributed by atoms with Crippen LogP contribution in [0.2, 0.25) is 10.0 Å². The molecular weight excluding hydrogens is 503 g/mol. The lowest BCUT2D eigenvalue weighted by atomic mass is 10.2. The minimum Gasteiger partial charge on any atom is -0.490 e. The first-order valence-corrected chi connectivity index (χ1v) is 10.9. The smallest absolute Gasteiger partial charge is 0.272 e. The summed E-state index contributed by atoms with van der Waals surface area (Å²) in [4.78, 5) is 12.2. The highest BCUT2D eigenvalue weighted by molar-refractivity contribution is 9.10. The molecule has 0 atom stereocenters. The standard InChI is InChI=1S/C23H19BrCl2N2O3/c1-2-30-21-11-16(13-27-28-23(29)18-5-3-4-6-20(18)26)19(24)12-22(21)31-14-15-7-9-17(25)10-8-15/h3-13H,2,14H2,1H3,(H,28,29)/b27-13-. The van der Waals surface area contributed by atoms with Gasteiger partial charge in [-0.3, -0.25) is 4.79 Å². The number of ether oxygens (including phenoxy) is 2. The normalized spacial score (nSPS) is 10.8. The third-order valence-electron chi connectivity index (χ3n) is 4.16. The summed E-state index contributed by atoms with van der Waals surface area (Å²) in [6.07, 6.45) is 1.52. The van der Waals surface area contributed by atoms with Gasteiger partial charge in [-0.1, -0.05) is 47.5 Å². The second kappa shape index (κ2) is 11.2. The molecule has 1 amide bonds. The predicted octanol–water partition coefficient (Wildman–Crippen LogP) is 6.50. The van der Waals surface area contributed by atoms with E-state index in [1.807, 2.05) is 31.2 Å². The van der Waals surface area contributed by atoms with E-state index >= 15 is 0 Å². The van der Waals surface area contributed by atoms with Gasteiger partial charge in [0.15, 0.2) is 11.5 Å². The Morgan fingerprint density at radius 3 is 2.48 bits per heavy atom. The Morgan fingerprint density at radius 1 is 1.06 bits per heavy atom. The first kappa shape index (κ1) is 23.1. The van der Waals surface area contributed by atoms with Gasteiger partial charge >= 0.3 is 0 Å². The molecule has 0 fully saturated rings. The molecule has 0 radical (unpaired) electrons. The molecule has 0 spiro atoms. The lowest BCUT2D eigenvalue weighted by Crippen LogP contribution is -2.18. The Balaban J connectivity index is 1.73. The number of nitrogens with zero attached hydrogens (tertiary/aromatic N) is 1. The van der Waals surface area contributed by atoms with Crippen LogP contribution in [-0.4, -0.2) is 18.7 Å². The van der Waals surface area contributed by atoms with Gasteiger partial charge < -0.3 is 9.47 Å². The van der Waals surface area contributed by atoms with Crippen molar-refractivity contribution in [3.05, 3.63) is 91.9 Å². The van der Waals surface area contributed by atoms with Crippen LogP contribution in [0.4, 0.5) is 0 Å². The third kappa shape index (κ3) is 6.47. The second-order valence-electron chi connectivity index (χ2n) is 6.35. The minimum absolute atomic E-state index is 0.348. The van der Waals surface area contributed by atoms with Crippen LogP contribution in [0.3, 0.4) is 0 Å². The van der Waals surface area contributed by atoms with Gasteiger partial charge in [-0.05, 0) is 64.8 Å². The first-order chi connectivity index (χ1) is 15.0. The average Bonchev–Trinajstić information content (AvgIpc) is 2.76. The molecule has 3 aromatic carbocycles. The molecule has 0 saturated heterocycles. The van der Waals surface area contributed by atoms with Crippen LogP contribution in [0.15, 0.2) is 70.2 Å². The summed E-state index contributed by atoms with van der Waals surface area (Å²) in [5.74, 6) is 0.755. The maximum absolute atomic E-state index is 12.2. The van der Waals surface area contributed by atoms with Gasteiger partial charge in [0, 0.05) is 15.1 Å². The summed E-state index contributed by atoms with van der Waals surface area (Å²) in [6.45, 7) is 2.73. The zero-order chi connectivity index (χ0) is 22.2. The van der Waals surface area contributed by atoms with Crippen molar-refractivity contribution in [3.63, 3.8) is 0 Å². The molecule has 3 aromatic rings. The average molecular weight is 522 g/mol. The van der Waals surface area contributed by atoms with Gasteiger partial charge in [0.25, 0.3) is 5.91 Å². The molecule has 0 bridgehead atoms. The van der Waals surface area contributed by atoms with Crippen molar-refractivity contribution in [2.45, 2.75) is 13.5 Å². The van der Waals surface area contributed by atoms with E-state index in [0.717, 1.165) is 10.0 Å². The molecule has 0 aliphatic rings. The molecule has 5 nitrogen and oxygen atoms in total. The maximum Gasteiger partial charge on any atom is 0.272 e. The highest BCUT2D eigenvalue weighted by Crippen LogP contribution is 2.34. The number of carbonyl (C=O) groups excluding carboxylic acids is 1. The predicted molar refractivity (Wildman–Crippen MR) is 128 cm³/mol. The van der Waals surface area contributed by atoms with Gasteiger partial charge in [-0.25, -0.2) is 5.43 Å². The molecule has 1 N–H and O–H groups in total. The largest absolute Gasteiger partial charge is 0.490 e. The van der Waals surface area contributed by atoms with Crippen LogP contribution in [0, 0.1) is 0 Å². The molecule has 3 rings (SSSR count). The number of carbonyl (C=O) groups is 1. The molecule has 8 heteroatoms. The fraction of sp³-hybridized carbons (Fsp3) is 0.130. The monoisotopic (exact) mass is 520 g/mol. The fourth-order valence-corrected chi connectivity index (χ4v) is 3.41. The summed E-state index contributed by atoms with van der Waals surface area (Å²) >= 11 is 15.5. The van der Waals surface area contributed by atoms with Gasteiger partial charge in [-0.15, -0.1) is 0 Å². The first-order valence-electron chi connectivity index (χ1n) is 9.39. The molecule has 31 heavy (non-hydrogen) atoms. The van der Waals surface area contributed by atoms with E-state index in [-0.39, 0.29) is 0 Å². The van der Waals surface area contributed by atoms with Gasteiger partial charge in [0.05, 0.1) is 23.4 Å². The minimum atomic E-state index is -0.397. The molecule has 0 aliphatic heterocycles. The van der Waals surface area contributed by atoms with Crippen LogP contribution >= 0.6 is 39.1 Å². The second-order valence-corrected chi connectivity index (χ2v) is 8.05. The summed E-state index contributed by atoms with van der Waals surface area (Å²) in [5.41, 5.74) is 4.52. The quantitative estimate of drug-likeness (QED) is 0.272. The highest BCUT2D eigenvalue weighted by Gasteiger charge is 2.12. The lowest BCUT2D eigenvalue weighted by Gasteiger charge is -2.14. The molecule has 0 saturated carbocycles. The Morgan fingerprint density at radius 2 is 1.77 bits per heavy atom. The lowest BCUT2D eigenvalue weighted by molar-refractivity contribution is 0.0955. The number of halogens is 3. The maximum atomic E-state index is 12.2. The third-order valence-corrected chi connectivity index (χ3v) is 5.43. The summed E-state index contributed by atoms with van der Waals surface area (Å²) in [7, 11) is 0. The van der Waals surface area contributed by atoms with Crippen molar-refractivity contribution in [1.82, 2.24) is 5.43 Å². The summed E-state index contributed by atoms with van der Waals surface area (Å²) < 4.78 is 12.4. The number of hydrogen-bond acceptors (Lipinski definition) is 4. The van der Waals surface area contributed by atoms with E-state index in [9.17, 15) is 4.79 Å². The van der Waals surface area contributed by atoms with Crippen LogP contribution in [-0.2, 0) is 6.61 Å². The number of hydrazone groups is 1. The van der Waals surface area contributed by atoms with Gasteiger partial charge in [0.2, 0.25) is 0 Å². The van der Waals surface area contributed by atoms with E-state index in [0.29, 0.717) is 45.9 Å². The Hall–Kier alpha value is -2.54. The van der Waals surface area contributed by atoms with E-state index in [4.69, 9.17) is 32.7 Å². The topological polar surface area (TPSA) is 59.9 Å². The fourth-order valence-electron chi connectivity index (χ4n) is 2.64. The zero-order valence-corrected chi connectivity index (χ0v) is 19.7. The van der Waals surface area contributed by atoms with Gasteiger partial charge in [-0.2, -0.15) is 5.10 Å². The number of nitrogens with one attached hydrogen (secondary N) is 1. The molecule has 0 aromatic heterocycles. The Kier molecular flexibility index (Phi) is 8.35. The van der Waals surface area contributed by atoms with Crippen LogP contribution in [0.1, 0.15) is 28.4 Å². The molecular formula is C23H19BrCl2N2O3. The van der Waals surface area contributed by atoms with Crippen LogP contribution < -0.4 is 14.9 Å². The van der Waals surface area contributed by atoms with Crippen molar-refractivity contribution in [1.29, 1.82) is 0 Å². The number of amides is 1. The summed E-state index contributed by atoms with van der Waals surface area (Å²) in [6, 6.07) is 17.8. The van der Waals surface area contributed by atoms with Gasteiger partial charge in [0.1, 0.15) is 6.61 Å². The highest BCUT2D eigenvalue weighted by atomic mass is 79.9. The van der Waals surface area contributed by atoms with Crippen LogP contribution in [0.25, 0.3) is 0 Å². The van der Waals surface area contributed by atoms with Crippen molar-refractivity contribution in [2.75, 3.05) is 6.61 Å². The Labute approximate surface area is 199 Å². The number of hydrogen-bond donors (Lipinski definition) is 1. The molecule has 0 aliphatic carbocycles. The van der Waals surface area contributed by atoms with Crippen molar-refractivity contribution in [2.24, 2.45) is 5.10 Å². The molecule has 160 valence electrons. The zero-order valence-electron chi connectivity index (χ0n) is 16.6. The van der Waals surface area contributed by atoms with Crippen molar-refractivity contribution in [3.8, 4) is 11.5 Å². The van der Waals surface area contributed by atoms with E-state index < -0.39 is 5.91 Å². The SMILES string of the molecule is CCOc1cc(/C=N\NC(=O)c2ccccc2Cl)c(Br)cc1OCc1ccc(Cl)cc1. The van der Waals surface area contributed by atoms with Crippen molar-refractivity contribution >= 4 is 51.3 Å². The number of benzene rings is 3. The number of rotatable bonds is 8. The van der Waals surface area contributed by atoms with E-state index in [1.165, 1.54) is 6.21 Å². The van der Waals surface area contributed by atoms with Crippen molar-refractivity contribution < 1.29 is 14.3 Å². The van der Waals surface area contributed by atoms with E-state index in [2.05, 4.69) is 26.5 Å². The molecule has 0 unspecified atom stereocenters. The van der Waals surface area contributed by atoms with Crippen LogP contribution in [0.5, 0.6) is 11.5 Å². The summed E-state index contributed by atoms with van der Waals surface area (Å²) in [5, 5.41) is 5.06.